The summed E-state index contributed by atoms with van der Waals surface area (Å²) in [7, 11) is 1.43. The Balaban J connectivity index is 1.35. The summed E-state index contributed by atoms with van der Waals surface area (Å²) in [6, 6.07) is 9.54. The van der Waals surface area contributed by atoms with E-state index in [4.69, 9.17) is 30.5 Å². The molecule has 2 heterocycles. The molecule has 10 nitrogen and oxygen atoms in total. The Morgan fingerprint density at radius 2 is 1.92 bits per heavy atom. The smallest absolute Gasteiger partial charge is 0.344 e. The van der Waals surface area contributed by atoms with Crippen LogP contribution in [0, 0.1) is 6.92 Å². The lowest BCUT2D eigenvalue weighted by molar-refractivity contribution is -0.150. The average Bonchev–Trinajstić information content (AvgIpc) is 3.38. The van der Waals surface area contributed by atoms with Gasteiger partial charge in [0.25, 0.3) is 5.56 Å². The average molecular weight is 606 g/mol. The number of hydrogen-bond acceptors (Lipinski definition) is 8. The van der Waals surface area contributed by atoms with E-state index in [1.807, 2.05) is 0 Å². The van der Waals surface area contributed by atoms with Gasteiger partial charge in [0, 0.05) is 27.4 Å². The maximum Gasteiger partial charge on any atom is 0.344 e. The molecule has 2 atom stereocenters. The lowest BCUT2D eigenvalue weighted by Crippen LogP contribution is -2.33. The van der Waals surface area contributed by atoms with E-state index in [2.05, 4.69) is 20.9 Å². The van der Waals surface area contributed by atoms with E-state index in [1.54, 1.807) is 49.4 Å². The van der Waals surface area contributed by atoms with Gasteiger partial charge in [-0.15, -0.1) is 0 Å². The van der Waals surface area contributed by atoms with Gasteiger partial charge in [0.15, 0.2) is 30.1 Å². The number of ether oxygens (including phenoxy) is 4. The number of nitrogens with one attached hydrogen (secondary N) is 1. The number of ketones is 1. The van der Waals surface area contributed by atoms with Crippen LogP contribution in [0.3, 0.4) is 0 Å². The third-order valence-corrected chi connectivity index (χ3v) is 6.40. The van der Waals surface area contributed by atoms with Gasteiger partial charge >= 0.3 is 11.7 Å². The topological polar surface area (TPSA) is 126 Å². The molecule has 0 fully saturated rings. The highest BCUT2D eigenvalue weighted by Gasteiger charge is 2.24. The summed E-state index contributed by atoms with van der Waals surface area (Å²) in [6.07, 6.45) is 3.32. The summed E-state index contributed by atoms with van der Waals surface area (Å²) in [6.45, 7) is 0.997. The Hall–Kier alpha value is -3.67. The predicted octanol–water partition coefficient (Wildman–Crippen LogP) is 3.58. The van der Waals surface area contributed by atoms with E-state index in [9.17, 15) is 19.2 Å². The summed E-state index contributed by atoms with van der Waals surface area (Å²) in [5, 5.41) is 0.297. The van der Waals surface area contributed by atoms with Crippen molar-refractivity contribution in [2.75, 3.05) is 20.3 Å². The van der Waals surface area contributed by atoms with Gasteiger partial charge in [-0.1, -0.05) is 33.6 Å². The van der Waals surface area contributed by atoms with Gasteiger partial charge in [0.05, 0.1) is 12.1 Å². The molecule has 3 aromatic rings. The maximum atomic E-state index is 13.0. The molecule has 0 saturated carbocycles. The summed E-state index contributed by atoms with van der Waals surface area (Å²) in [5.74, 6) is -0.522. The number of nitrogens with zero attached hydrogens (tertiary/aromatic N) is 1. The highest BCUT2D eigenvalue weighted by atomic mass is 79.9. The fourth-order valence-corrected chi connectivity index (χ4v) is 4.19. The van der Waals surface area contributed by atoms with Crippen LogP contribution >= 0.6 is 27.5 Å². The van der Waals surface area contributed by atoms with Crippen molar-refractivity contribution >= 4 is 39.3 Å². The van der Waals surface area contributed by atoms with Crippen molar-refractivity contribution < 1.29 is 28.5 Å². The second-order valence-electron chi connectivity index (χ2n) is 8.22. The van der Waals surface area contributed by atoms with Crippen LogP contribution in [0.5, 0.6) is 11.5 Å². The van der Waals surface area contributed by atoms with Gasteiger partial charge in [-0.3, -0.25) is 19.1 Å². The van der Waals surface area contributed by atoms with Gasteiger partial charge < -0.3 is 18.9 Å². The van der Waals surface area contributed by atoms with Crippen LogP contribution in [0.4, 0.5) is 0 Å². The van der Waals surface area contributed by atoms with Crippen molar-refractivity contribution in [1.82, 2.24) is 9.55 Å². The number of carbonyl (C=O) groups excluding carboxylic acids is 2. The molecule has 0 radical (unpaired) electrons. The van der Waals surface area contributed by atoms with Crippen LogP contribution in [-0.2, 0) is 14.3 Å². The first-order valence-corrected chi connectivity index (χ1v) is 12.5. The van der Waals surface area contributed by atoms with Gasteiger partial charge in [-0.2, -0.15) is 0 Å². The molecular formula is C26H22BrClN2O8. The number of benzene rings is 2. The van der Waals surface area contributed by atoms with Crippen molar-refractivity contribution in [2.45, 2.75) is 19.3 Å². The maximum absolute atomic E-state index is 13.0. The Kier molecular flexibility index (Phi) is 8.50. The number of aromatic amines is 1. The number of hydrogen-bond donors (Lipinski definition) is 1. The fourth-order valence-electron chi connectivity index (χ4n) is 3.63. The van der Waals surface area contributed by atoms with Crippen LogP contribution in [0.25, 0.3) is 0 Å². The van der Waals surface area contributed by atoms with E-state index in [0.29, 0.717) is 26.4 Å². The number of aryl methyl sites for hydroxylation is 1. The van der Waals surface area contributed by atoms with E-state index in [-0.39, 0.29) is 23.7 Å². The first-order valence-electron chi connectivity index (χ1n) is 11.3. The number of methoxy groups -OCH3 is 1. The monoisotopic (exact) mass is 604 g/mol. The quantitative estimate of drug-likeness (QED) is 0.223. The molecule has 12 heteroatoms. The molecule has 0 bridgehead atoms. The largest absolute Gasteiger partial charge is 0.493 e. The summed E-state index contributed by atoms with van der Waals surface area (Å²) in [5.41, 5.74) is -0.133. The molecule has 2 aromatic carbocycles. The van der Waals surface area contributed by atoms with Crippen LogP contribution < -0.4 is 20.7 Å². The molecule has 38 heavy (non-hydrogen) atoms. The molecule has 0 unspecified atom stereocenters. The summed E-state index contributed by atoms with van der Waals surface area (Å²) >= 11 is 9.52. The van der Waals surface area contributed by atoms with Crippen molar-refractivity contribution in [2.24, 2.45) is 0 Å². The second-order valence-corrected chi connectivity index (χ2v) is 9.54. The standard InChI is InChI=1S/C26H22BrClN2O8/c1-14-11-30(26(34)29-25(14)33)22-8-5-17(38-22)12-37-23(31)13-36-21-9-15(3-7-20(21)35-2)24(32)18-10-16(27)4-6-19(18)28/h3-11,17,22H,12-13H2,1-2H3,(H,29,33,34)/t17-,22+/m0/s1. The third kappa shape index (κ3) is 6.24. The van der Waals surface area contributed by atoms with Crippen molar-refractivity contribution in [3.8, 4) is 11.5 Å². The Bertz CT molecular complexity index is 1530. The van der Waals surface area contributed by atoms with Crippen LogP contribution in [0.15, 0.2) is 68.8 Å². The molecule has 1 aliphatic rings. The lowest BCUT2D eigenvalue weighted by Gasteiger charge is -2.17. The van der Waals surface area contributed by atoms with Crippen molar-refractivity contribution in [3.63, 3.8) is 0 Å². The Morgan fingerprint density at radius 3 is 2.68 bits per heavy atom. The molecule has 0 aliphatic carbocycles. The summed E-state index contributed by atoms with van der Waals surface area (Å²) < 4.78 is 23.8. The van der Waals surface area contributed by atoms with E-state index < -0.39 is 36.2 Å². The number of H-pyrrole nitrogens is 1. The molecule has 1 aromatic heterocycles. The predicted molar refractivity (Wildman–Crippen MR) is 141 cm³/mol. The minimum absolute atomic E-state index is 0.122. The Morgan fingerprint density at radius 1 is 1.13 bits per heavy atom. The number of esters is 1. The highest BCUT2D eigenvalue weighted by molar-refractivity contribution is 9.10. The molecule has 4 rings (SSSR count). The highest BCUT2D eigenvalue weighted by Crippen LogP contribution is 2.31. The van der Waals surface area contributed by atoms with E-state index in [1.165, 1.54) is 23.9 Å². The Labute approximate surface area is 229 Å². The minimum Gasteiger partial charge on any atom is -0.493 e. The zero-order valence-corrected chi connectivity index (χ0v) is 22.6. The number of carbonyl (C=O) groups is 2. The van der Waals surface area contributed by atoms with Crippen LogP contribution in [0.1, 0.15) is 27.7 Å². The molecule has 0 amide bonds. The fraction of sp³-hybridized carbons (Fsp3) is 0.231. The minimum atomic E-state index is -0.749. The molecule has 1 aliphatic heterocycles. The zero-order chi connectivity index (χ0) is 27.4. The van der Waals surface area contributed by atoms with Crippen molar-refractivity contribution in [1.29, 1.82) is 0 Å². The van der Waals surface area contributed by atoms with E-state index >= 15 is 0 Å². The molecule has 0 spiro atoms. The third-order valence-electron chi connectivity index (χ3n) is 5.58. The van der Waals surface area contributed by atoms with Crippen LogP contribution in [0.2, 0.25) is 5.02 Å². The molecule has 198 valence electrons. The van der Waals surface area contributed by atoms with E-state index in [0.717, 1.165) is 0 Å². The number of rotatable bonds is 9. The molecular weight excluding hydrogens is 584 g/mol. The second kappa shape index (κ2) is 11.8. The van der Waals surface area contributed by atoms with Gasteiger partial charge in [0.1, 0.15) is 12.7 Å². The first kappa shape index (κ1) is 27.4. The lowest BCUT2D eigenvalue weighted by atomic mass is 10.0. The first-order chi connectivity index (χ1) is 18.2. The van der Waals surface area contributed by atoms with Gasteiger partial charge in [-0.25, -0.2) is 9.59 Å². The number of halogens is 2. The number of aromatic nitrogens is 2. The van der Waals surface area contributed by atoms with Crippen molar-refractivity contribution in [3.05, 3.63) is 102 Å². The summed E-state index contributed by atoms with van der Waals surface area (Å²) in [4.78, 5) is 51.2. The van der Waals surface area contributed by atoms with Gasteiger partial charge in [0.2, 0.25) is 0 Å². The molecule has 0 saturated heterocycles. The zero-order valence-electron chi connectivity index (χ0n) is 20.2. The normalized spacial score (nSPS) is 16.3. The molecule has 1 N–H and O–H groups in total. The van der Waals surface area contributed by atoms with Crippen LogP contribution in [-0.4, -0.2) is 47.7 Å². The SMILES string of the molecule is COc1ccc(C(=O)c2cc(Br)ccc2Cl)cc1OCC(=O)OC[C@@H]1C=C[C@H](n2cc(C)c(=O)[nH]c2=O)O1. The van der Waals surface area contributed by atoms with Gasteiger partial charge in [-0.05, 0) is 49.4 Å².